The van der Waals surface area contributed by atoms with E-state index in [0.29, 0.717) is 35.8 Å². The van der Waals surface area contributed by atoms with E-state index in [1.807, 2.05) is 49.4 Å². The first kappa shape index (κ1) is 20.6. The molecule has 30 heavy (non-hydrogen) atoms. The number of halogens is 1. The molecule has 0 atom stereocenters. The van der Waals surface area contributed by atoms with Crippen LogP contribution in [0.4, 0.5) is 11.8 Å². The Morgan fingerprint density at radius 1 is 1.13 bits per heavy atom. The lowest BCUT2D eigenvalue weighted by Gasteiger charge is -2.28. The van der Waals surface area contributed by atoms with Crippen molar-refractivity contribution in [2.45, 2.75) is 13.5 Å². The number of ether oxygens (including phenoxy) is 1. The highest BCUT2D eigenvalue weighted by molar-refractivity contribution is 7.80. The lowest BCUT2D eigenvalue weighted by atomic mass is 10.2. The van der Waals surface area contributed by atoms with Crippen LogP contribution in [0.15, 0.2) is 46.9 Å². The molecule has 3 aromatic rings. The quantitative estimate of drug-likeness (QED) is 0.572. The molecule has 1 saturated heterocycles. The molecule has 4 rings (SSSR count). The van der Waals surface area contributed by atoms with Crippen LogP contribution < -0.4 is 15.5 Å². The molecule has 1 fully saturated rings. The predicted octanol–water partition coefficient (Wildman–Crippen LogP) is 4.02. The van der Waals surface area contributed by atoms with Gasteiger partial charge in [0.15, 0.2) is 5.11 Å². The van der Waals surface area contributed by atoms with E-state index in [0.717, 1.165) is 41.7 Å². The predicted molar refractivity (Wildman–Crippen MR) is 122 cm³/mol. The van der Waals surface area contributed by atoms with E-state index in [2.05, 4.69) is 25.5 Å². The van der Waals surface area contributed by atoms with Gasteiger partial charge in [-0.1, -0.05) is 11.6 Å². The maximum absolute atomic E-state index is 5.94. The third kappa shape index (κ3) is 5.27. The van der Waals surface area contributed by atoms with Crippen molar-refractivity contribution in [1.29, 1.82) is 0 Å². The standard InChI is InChI=1S/C21H22ClN5O2S/c1-14-12-19(27-8-10-28-11-9-27)25-20(24-14)26-21(30)23-13-17-6-7-18(29-17)15-2-4-16(22)5-3-15/h2-7,12H,8-11,13H2,1H3,(H2,23,24,25,26,30). The zero-order chi connectivity index (χ0) is 20.9. The number of furan rings is 1. The molecule has 0 bridgehead atoms. The van der Waals surface area contributed by atoms with Crippen molar-refractivity contribution in [3.8, 4) is 11.3 Å². The number of hydrogen-bond donors (Lipinski definition) is 2. The minimum absolute atomic E-state index is 0.429. The summed E-state index contributed by atoms with van der Waals surface area (Å²) in [7, 11) is 0. The van der Waals surface area contributed by atoms with E-state index in [-0.39, 0.29) is 0 Å². The molecule has 1 aliphatic heterocycles. The molecule has 1 aromatic carbocycles. The van der Waals surface area contributed by atoms with Crippen molar-refractivity contribution in [2.24, 2.45) is 0 Å². The van der Waals surface area contributed by atoms with Crippen molar-refractivity contribution in [3.63, 3.8) is 0 Å². The number of rotatable bonds is 5. The third-order valence-electron chi connectivity index (χ3n) is 4.61. The number of aryl methyl sites for hydroxylation is 1. The van der Waals surface area contributed by atoms with Crippen LogP contribution >= 0.6 is 23.8 Å². The Morgan fingerprint density at radius 3 is 2.67 bits per heavy atom. The second-order valence-electron chi connectivity index (χ2n) is 6.87. The summed E-state index contributed by atoms with van der Waals surface area (Å²) in [6, 6.07) is 13.3. The van der Waals surface area contributed by atoms with Gasteiger partial charge in [0.1, 0.15) is 17.3 Å². The van der Waals surface area contributed by atoms with Gasteiger partial charge in [-0.3, -0.25) is 0 Å². The van der Waals surface area contributed by atoms with Crippen LogP contribution in [0.2, 0.25) is 5.02 Å². The first-order chi connectivity index (χ1) is 14.6. The second-order valence-corrected chi connectivity index (χ2v) is 7.72. The molecule has 156 valence electrons. The Labute approximate surface area is 185 Å². The number of anilines is 2. The van der Waals surface area contributed by atoms with Gasteiger partial charge in [-0.25, -0.2) is 4.98 Å². The Morgan fingerprint density at radius 2 is 1.90 bits per heavy atom. The fraction of sp³-hybridized carbons (Fsp3) is 0.286. The number of hydrogen-bond acceptors (Lipinski definition) is 6. The van der Waals surface area contributed by atoms with Gasteiger partial charge < -0.3 is 24.7 Å². The first-order valence-corrected chi connectivity index (χ1v) is 10.4. The van der Waals surface area contributed by atoms with Crippen molar-refractivity contribution in [2.75, 3.05) is 36.5 Å². The van der Waals surface area contributed by atoms with Crippen molar-refractivity contribution in [3.05, 3.63) is 58.9 Å². The molecule has 0 unspecified atom stereocenters. The van der Waals surface area contributed by atoms with Gasteiger partial charge in [-0.2, -0.15) is 4.98 Å². The lowest BCUT2D eigenvalue weighted by Crippen LogP contribution is -2.37. The highest BCUT2D eigenvalue weighted by atomic mass is 35.5. The van der Waals surface area contributed by atoms with Crippen LogP contribution in [0.3, 0.4) is 0 Å². The normalized spacial score (nSPS) is 13.9. The number of aromatic nitrogens is 2. The summed E-state index contributed by atoms with van der Waals surface area (Å²) in [4.78, 5) is 11.2. The van der Waals surface area contributed by atoms with Crippen molar-refractivity contribution < 1.29 is 9.15 Å². The van der Waals surface area contributed by atoms with E-state index < -0.39 is 0 Å². The largest absolute Gasteiger partial charge is 0.459 e. The second kappa shape index (κ2) is 9.42. The maximum Gasteiger partial charge on any atom is 0.231 e. The fourth-order valence-corrected chi connectivity index (χ4v) is 3.41. The van der Waals surface area contributed by atoms with E-state index in [1.54, 1.807) is 0 Å². The molecule has 1 aliphatic rings. The average Bonchev–Trinajstić information content (AvgIpc) is 3.22. The number of nitrogens with zero attached hydrogens (tertiary/aromatic N) is 3. The molecule has 9 heteroatoms. The molecular formula is C21H22ClN5O2S. The highest BCUT2D eigenvalue weighted by Crippen LogP contribution is 2.24. The maximum atomic E-state index is 5.94. The number of thiocarbonyl (C=S) groups is 1. The number of benzene rings is 1. The van der Waals surface area contributed by atoms with E-state index in [1.165, 1.54) is 0 Å². The fourth-order valence-electron chi connectivity index (χ4n) is 3.12. The van der Waals surface area contributed by atoms with E-state index in [4.69, 9.17) is 33.0 Å². The van der Waals surface area contributed by atoms with Gasteiger partial charge in [-0.15, -0.1) is 0 Å². The summed E-state index contributed by atoms with van der Waals surface area (Å²) in [5, 5.41) is 7.31. The monoisotopic (exact) mass is 443 g/mol. The lowest BCUT2D eigenvalue weighted by molar-refractivity contribution is 0.122. The Hall–Kier alpha value is -2.68. The van der Waals surface area contributed by atoms with Crippen LogP contribution in [-0.2, 0) is 11.3 Å². The molecule has 0 saturated carbocycles. The first-order valence-electron chi connectivity index (χ1n) is 9.65. The van der Waals surface area contributed by atoms with Crippen LogP contribution in [0.5, 0.6) is 0 Å². The van der Waals surface area contributed by atoms with Gasteiger partial charge in [0.25, 0.3) is 0 Å². The zero-order valence-corrected chi connectivity index (χ0v) is 18.1. The molecule has 0 radical (unpaired) electrons. The molecule has 2 N–H and O–H groups in total. The molecular weight excluding hydrogens is 422 g/mol. The van der Waals surface area contributed by atoms with E-state index in [9.17, 15) is 0 Å². The minimum Gasteiger partial charge on any atom is -0.459 e. The Bertz CT molecular complexity index is 1020. The molecule has 0 amide bonds. The Balaban J connectivity index is 1.35. The summed E-state index contributed by atoms with van der Waals surface area (Å²) < 4.78 is 11.3. The van der Waals surface area contributed by atoms with Crippen LogP contribution in [0, 0.1) is 6.92 Å². The smallest absolute Gasteiger partial charge is 0.231 e. The molecule has 2 aromatic heterocycles. The summed E-state index contributed by atoms with van der Waals surface area (Å²) in [6.45, 7) is 5.41. The Kier molecular flexibility index (Phi) is 6.47. The van der Waals surface area contributed by atoms with E-state index >= 15 is 0 Å². The van der Waals surface area contributed by atoms with Crippen LogP contribution in [0.1, 0.15) is 11.5 Å². The SMILES string of the molecule is Cc1cc(N2CCOCC2)nc(NC(=S)NCc2ccc(-c3ccc(Cl)cc3)o2)n1. The summed E-state index contributed by atoms with van der Waals surface area (Å²) >= 11 is 11.3. The topological polar surface area (TPSA) is 75.5 Å². The van der Waals surface area contributed by atoms with Gasteiger partial charge in [-0.05, 0) is 55.5 Å². The van der Waals surface area contributed by atoms with Gasteiger partial charge in [0, 0.05) is 35.4 Å². The number of morpholine rings is 1. The summed E-state index contributed by atoms with van der Waals surface area (Å²) in [5.74, 6) is 2.88. The third-order valence-corrected chi connectivity index (χ3v) is 5.11. The molecule has 7 nitrogen and oxygen atoms in total. The summed E-state index contributed by atoms with van der Waals surface area (Å²) in [5.41, 5.74) is 1.84. The zero-order valence-electron chi connectivity index (χ0n) is 16.5. The van der Waals surface area contributed by atoms with Gasteiger partial charge in [0.05, 0.1) is 19.8 Å². The highest BCUT2D eigenvalue weighted by Gasteiger charge is 2.14. The van der Waals surface area contributed by atoms with Crippen LogP contribution in [0.25, 0.3) is 11.3 Å². The van der Waals surface area contributed by atoms with Crippen molar-refractivity contribution in [1.82, 2.24) is 15.3 Å². The molecule has 3 heterocycles. The van der Waals surface area contributed by atoms with Crippen molar-refractivity contribution >= 4 is 40.7 Å². The minimum atomic E-state index is 0.429. The number of nitrogens with one attached hydrogen (secondary N) is 2. The molecule has 0 aliphatic carbocycles. The van der Waals surface area contributed by atoms with Gasteiger partial charge >= 0.3 is 0 Å². The average molecular weight is 444 g/mol. The molecule has 0 spiro atoms. The van der Waals surface area contributed by atoms with Gasteiger partial charge in [0.2, 0.25) is 5.95 Å². The van der Waals surface area contributed by atoms with Crippen LogP contribution in [-0.4, -0.2) is 41.4 Å². The summed E-state index contributed by atoms with van der Waals surface area (Å²) in [6.07, 6.45) is 0.